The summed E-state index contributed by atoms with van der Waals surface area (Å²) in [6.45, 7) is 3.23. The summed E-state index contributed by atoms with van der Waals surface area (Å²) in [6.07, 6.45) is 8.42. The summed E-state index contributed by atoms with van der Waals surface area (Å²) >= 11 is 1.93. The molecule has 0 spiro atoms. The fraction of sp³-hybridized carbons (Fsp3) is 0.706. The molecule has 1 aliphatic heterocycles. The summed E-state index contributed by atoms with van der Waals surface area (Å²) in [7, 11) is 0. The third-order valence-electron chi connectivity index (χ3n) is 5.32. The van der Waals surface area contributed by atoms with Crippen LogP contribution in [0.25, 0.3) is 0 Å². The van der Waals surface area contributed by atoms with Crippen molar-refractivity contribution in [3.05, 3.63) is 27.4 Å². The number of likely N-dealkylation sites (tertiary alicyclic amines) is 1. The number of piperidine rings is 1. The molecule has 5 rings (SSSR count). The minimum absolute atomic E-state index is 0.451. The minimum atomic E-state index is 0.451. The Bertz CT molecular complexity index is 676. The number of rotatable bonds is 4. The van der Waals surface area contributed by atoms with Gasteiger partial charge in [-0.2, -0.15) is 0 Å². The molecule has 122 valence electrons. The van der Waals surface area contributed by atoms with Gasteiger partial charge in [0.15, 0.2) is 0 Å². The highest BCUT2D eigenvalue weighted by atomic mass is 32.1. The smallest absolute Gasteiger partial charge is 0.219 e. The number of nitrogens with zero attached hydrogens (tertiary/aromatic N) is 4. The lowest BCUT2D eigenvalue weighted by Gasteiger charge is -2.29. The largest absolute Gasteiger partial charge is 0.425 e. The third kappa shape index (κ3) is 2.83. The monoisotopic (exact) mass is 330 g/mol. The third-order valence-corrected chi connectivity index (χ3v) is 6.46. The van der Waals surface area contributed by atoms with Gasteiger partial charge in [0.1, 0.15) is 5.01 Å². The first-order valence-corrected chi connectivity index (χ1v) is 9.70. The van der Waals surface area contributed by atoms with E-state index in [1.807, 2.05) is 11.3 Å². The summed E-state index contributed by atoms with van der Waals surface area (Å²) in [4.78, 5) is 8.89. The second-order valence-electron chi connectivity index (χ2n) is 7.13. The molecule has 0 atom stereocenters. The number of aryl methyl sites for hydroxylation is 2. The Hall–Kier alpha value is -1.27. The van der Waals surface area contributed by atoms with Crippen molar-refractivity contribution in [2.45, 2.75) is 63.3 Å². The van der Waals surface area contributed by atoms with E-state index in [-0.39, 0.29) is 0 Å². The van der Waals surface area contributed by atoms with Gasteiger partial charge in [-0.05, 0) is 58.0 Å². The van der Waals surface area contributed by atoms with E-state index in [9.17, 15) is 0 Å². The van der Waals surface area contributed by atoms with Crippen LogP contribution in [-0.4, -0.2) is 33.2 Å². The molecule has 3 heterocycles. The zero-order valence-corrected chi connectivity index (χ0v) is 14.1. The number of hydrogen-bond donors (Lipinski definition) is 0. The average Bonchev–Trinajstić information content (AvgIpc) is 2.95. The molecule has 2 aromatic heterocycles. The lowest BCUT2D eigenvalue weighted by molar-refractivity contribution is 0.191. The van der Waals surface area contributed by atoms with E-state index < -0.39 is 0 Å². The van der Waals surface area contributed by atoms with Crippen LogP contribution in [0, 0.1) is 0 Å². The number of aromatic nitrogens is 3. The fourth-order valence-electron chi connectivity index (χ4n) is 3.75. The molecule has 2 aromatic rings. The highest BCUT2D eigenvalue weighted by Crippen LogP contribution is 2.40. The van der Waals surface area contributed by atoms with Crippen LogP contribution in [0.15, 0.2) is 4.42 Å². The van der Waals surface area contributed by atoms with E-state index in [0.717, 1.165) is 44.3 Å². The Morgan fingerprint density at radius 1 is 1.00 bits per heavy atom. The quantitative estimate of drug-likeness (QED) is 0.861. The van der Waals surface area contributed by atoms with Gasteiger partial charge >= 0.3 is 0 Å². The molecular formula is C17H22N4OS. The van der Waals surface area contributed by atoms with Crippen molar-refractivity contribution in [2.24, 2.45) is 0 Å². The van der Waals surface area contributed by atoms with Crippen LogP contribution in [0.3, 0.4) is 0 Å². The summed E-state index contributed by atoms with van der Waals surface area (Å²) < 4.78 is 5.89. The zero-order chi connectivity index (χ0) is 15.2. The van der Waals surface area contributed by atoms with Crippen LogP contribution in [0.2, 0.25) is 0 Å². The van der Waals surface area contributed by atoms with Crippen molar-refractivity contribution in [2.75, 3.05) is 13.1 Å². The van der Waals surface area contributed by atoms with Gasteiger partial charge in [0, 0.05) is 16.7 Å². The summed E-state index contributed by atoms with van der Waals surface area (Å²) in [5, 5.41) is 9.84. The van der Waals surface area contributed by atoms with Gasteiger partial charge in [0.05, 0.1) is 12.2 Å². The summed E-state index contributed by atoms with van der Waals surface area (Å²) in [6, 6.07) is 0. The molecule has 0 aromatic carbocycles. The second-order valence-corrected chi connectivity index (χ2v) is 8.30. The van der Waals surface area contributed by atoms with Crippen LogP contribution in [0.5, 0.6) is 0 Å². The van der Waals surface area contributed by atoms with Gasteiger partial charge in [-0.15, -0.1) is 21.5 Å². The zero-order valence-electron chi connectivity index (χ0n) is 13.3. The van der Waals surface area contributed by atoms with Crippen molar-refractivity contribution < 1.29 is 4.42 Å². The van der Waals surface area contributed by atoms with Crippen molar-refractivity contribution in [1.29, 1.82) is 0 Å². The average molecular weight is 330 g/mol. The van der Waals surface area contributed by atoms with Gasteiger partial charge in [-0.3, -0.25) is 4.90 Å². The standard InChI is InChI=1S/C17H22N4OS/c1-2-13-14(3-1)23-15(18-13)10-21-8-6-12(7-9-21)17-20-19-16(22-17)11-4-5-11/h11-12H,1-10H2. The van der Waals surface area contributed by atoms with Gasteiger partial charge in [-0.1, -0.05) is 0 Å². The van der Waals surface area contributed by atoms with Crippen molar-refractivity contribution in [3.8, 4) is 0 Å². The van der Waals surface area contributed by atoms with E-state index in [1.165, 1.54) is 47.7 Å². The molecule has 0 bridgehead atoms. The van der Waals surface area contributed by atoms with E-state index in [0.29, 0.717) is 11.8 Å². The van der Waals surface area contributed by atoms with Gasteiger partial charge in [-0.25, -0.2) is 4.98 Å². The first-order chi connectivity index (χ1) is 11.3. The Labute approximate surface area is 140 Å². The fourth-order valence-corrected chi connectivity index (χ4v) is 4.95. The molecule has 1 saturated heterocycles. The van der Waals surface area contributed by atoms with E-state index in [4.69, 9.17) is 9.40 Å². The molecule has 5 nitrogen and oxygen atoms in total. The van der Waals surface area contributed by atoms with Crippen molar-refractivity contribution in [1.82, 2.24) is 20.1 Å². The van der Waals surface area contributed by atoms with Crippen LogP contribution < -0.4 is 0 Å². The molecule has 2 fully saturated rings. The normalized spacial score (nSPS) is 22.6. The molecule has 0 unspecified atom stereocenters. The predicted octanol–water partition coefficient (Wildman–Crippen LogP) is 3.27. The minimum Gasteiger partial charge on any atom is -0.425 e. The molecular weight excluding hydrogens is 308 g/mol. The first-order valence-electron chi connectivity index (χ1n) is 8.88. The van der Waals surface area contributed by atoms with Gasteiger partial charge in [0.25, 0.3) is 0 Å². The predicted molar refractivity (Wildman–Crippen MR) is 87.7 cm³/mol. The summed E-state index contributed by atoms with van der Waals surface area (Å²) in [5.74, 6) is 2.76. The Kier molecular flexibility index (Phi) is 3.48. The maximum Gasteiger partial charge on any atom is 0.219 e. The maximum atomic E-state index is 5.89. The molecule has 6 heteroatoms. The Morgan fingerprint density at radius 2 is 1.74 bits per heavy atom. The molecule has 0 N–H and O–H groups in total. The highest BCUT2D eigenvalue weighted by Gasteiger charge is 2.32. The van der Waals surface area contributed by atoms with Crippen molar-refractivity contribution in [3.63, 3.8) is 0 Å². The number of fused-ring (bicyclic) bond motifs is 1. The van der Waals surface area contributed by atoms with Gasteiger partial charge < -0.3 is 4.42 Å². The van der Waals surface area contributed by atoms with Crippen LogP contribution in [-0.2, 0) is 19.4 Å². The van der Waals surface area contributed by atoms with Crippen LogP contribution >= 0.6 is 11.3 Å². The van der Waals surface area contributed by atoms with E-state index in [2.05, 4.69) is 15.1 Å². The first kappa shape index (κ1) is 14.1. The Morgan fingerprint density at radius 3 is 2.43 bits per heavy atom. The lowest BCUT2D eigenvalue weighted by Crippen LogP contribution is -2.32. The van der Waals surface area contributed by atoms with Crippen LogP contribution in [0.4, 0.5) is 0 Å². The number of hydrogen-bond acceptors (Lipinski definition) is 6. The SMILES string of the molecule is C1Cc2nc(CN3CCC(c4nnc(C5CC5)o4)CC3)sc2C1. The van der Waals surface area contributed by atoms with Gasteiger partial charge in [0.2, 0.25) is 11.8 Å². The molecule has 23 heavy (non-hydrogen) atoms. The van der Waals surface area contributed by atoms with E-state index >= 15 is 0 Å². The lowest BCUT2D eigenvalue weighted by atomic mass is 9.97. The second kappa shape index (κ2) is 5.67. The summed E-state index contributed by atoms with van der Waals surface area (Å²) in [5.41, 5.74) is 1.37. The molecule has 3 aliphatic rings. The number of thiazole rings is 1. The molecule has 0 radical (unpaired) electrons. The topological polar surface area (TPSA) is 55.1 Å². The molecule has 1 saturated carbocycles. The van der Waals surface area contributed by atoms with Crippen LogP contribution in [0.1, 0.15) is 71.3 Å². The molecule has 0 amide bonds. The van der Waals surface area contributed by atoms with E-state index in [1.54, 1.807) is 0 Å². The molecule has 2 aliphatic carbocycles. The highest BCUT2D eigenvalue weighted by molar-refractivity contribution is 7.11. The van der Waals surface area contributed by atoms with Crippen molar-refractivity contribution >= 4 is 11.3 Å². The maximum absolute atomic E-state index is 5.89. The Balaban J connectivity index is 1.18.